The fraction of sp³-hybridized carbons (Fsp3) is 0.333. The molecule has 3 aromatic rings. The number of hydrogen-bond donors (Lipinski definition) is 0. The molecular weight excluding hydrogens is 398 g/mol. The van der Waals surface area contributed by atoms with Gasteiger partial charge in [0.1, 0.15) is 11.5 Å². The standard InChI is InChI=1S/C24H27NO6/c1-6-21(23(26)29-5)31-18-12-13-20-19(14-18)22(24(27)30-7-2)15(3)25(20)16-8-10-17(28-4)11-9-16/h8-14,21H,6-7H2,1-5H3. The van der Waals surface area contributed by atoms with Crippen molar-refractivity contribution in [2.24, 2.45) is 0 Å². The number of hydrogen-bond acceptors (Lipinski definition) is 6. The van der Waals surface area contributed by atoms with Crippen LogP contribution in [0.1, 0.15) is 36.3 Å². The highest BCUT2D eigenvalue weighted by molar-refractivity contribution is 6.07. The molecule has 0 aliphatic carbocycles. The lowest BCUT2D eigenvalue weighted by Gasteiger charge is -2.15. The molecular formula is C24H27NO6. The molecule has 2 aromatic carbocycles. The minimum Gasteiger partial charge on any atom is -0.497 e. The predicted molar refractivity (Wildman–Crippen MR) is 117 cm³/mol. The van der Waals surface area contributed by atoms with Crippen LogP contribution in [0.25, 0.3) is 16.6 Å². The molecule has 0 N–H and O–H groups in total. The molecule has 1 aromatic heterocycles. The van der Waals surface area contributed by atoms with E-state index in [-0.39, 0.29) is 6.61 Å². The van der Waals surface area contributed by atoms with E-state index in [2.05, 4.69) is 0 Å². The second-order valence-corrected chi connectivity index (χ2v) is 6.93. The molecule has 7 nitrogen and oxygen atoms in total. The summed E-state index contributed by atoms with van der Waals surface area (Å²) in [6.07, 6.45) is -0.264. The van der Waals surface area contributed by atoms with Crippen molar-refractivity contribution in [3.8, 4) is 17.2 Å². The Hall–Kier alpha value is -3.48. The van der Waals surface area contributed by atoms with Crippen molar-refractivity contribution >= 4 is 22.8 Å². The van der Waals surface area contributed by atoms with E-state index in [1.807, 2.05) is 48.7 Å². The van der Waals surface area contributed by atoms with Crippen LogP contribution in [0.2, 0.25) is 0 Å². The zero-order chi connectivity index (χ0) is 22.5. The van der Waals surface area contributed by atoms with Crippen molar-refractivity contribution in [3.63, 3.8) is 0 Å². The normalized spacial score (nSPS) is 11.8. The number of methoxy groups -OCH3 is 2. The quantitative estimate of drug-likeness (QED) is 0.496. The van der Waals surface area contributed by atoms with Gasteiger partial charge in [0.25, 0.3) is 0 Å². The lowest BCUT2D eigenvalue weighted by atomic mass is 10.1. The Morgan fingerprint density at radius 2 is 1.68 bits per heavy atom. The zero-order valence-electron chi connectivity index (χ0n) is 18.4. The molecule has 0 bridgehead atoms. The van der Waals surface area contributed by atoms with Gasteiger partial charge in [0.2, 0.25) is 0 Å². The van der Waals surface area contributed by atoms with E-state index in [1.165, 1.54) is 7.11 Å². The number of benzene rings is 2. The molecule has 164 valence electrons. The maximum atomic E-state index is 12.8. The van der Waals surface area contributed by atoms with E-state index >= 15 is 0 Å². The highest BCUT2D eigenvalue weighted by atomic mass is 16.6. The molecule has 1 unspecified atom stereocenters. The minimum atomic E-state index is -0.724. The third kappa shape index (κ3) is 4.35. The van der Waals surface area contributed by atoms with Gasteiger partial charge in [0.05, 0.1) is 31.9 Å². The molecule has 31 heavy (non-hydrogen) atoms. The van der Waals surface area contributed by atoms with E-state index in [4.69, 9.17) is 18.9 Å². The van der Waals surface area contributed by atoms with Gasteiger partial charge in [-0.3, -0.25) is 0 Å². The number of nitrogens with zero attached hydrogens (tertiary/aromatic N) is 1. The van der Waals surface area contributed by atoms with Gasteiger partial charge < -0.3 is 23.5 Å². The number of rotatable bonds is 8. The third-order valence-electron chi connectivity index (χ3n) is 5.10. The van der Waals surface area contributed by atoms with E-state index in [0.29, 0.717) is 23.1 Å². The number of esters is 2. The Bertz CT molecular complexity index is 1080. The van der Waals surface area contributed by atoms with Gasteiger partial charge >= 0.3 is 11.9 Å². The number of carbonyl (C=O) groups is 2. The van der Waals surface area contributed by atoms with Crippen LogP contribution in [0, 0.1) is 6.92 Å². The summed E-state index contributed by atoms with van der Waals surface area (Å²) in [5.41, 5.74) is 2.91. The van der Waals surface area contributed by atoms with E-state index in [0.717, 1.165) is 22.6 Å². The fourth-order valence-electron chi connectivity index (χ4n) is 3.59. The third-order valence-corrected chi connectivity index (χ3v) is 5.10. The smallest absolute Gasteiger partial charge is 0.347 e. The van der Waals surface area contributed by atoms with Gasteiger partial charge in [-0.2, -0.15) is 0 Å². The van der Waals surface area contributed by atoms with E-state index < -0.39 is 18.0 Å². The van der Waals surface area contributed by atoms with Crippen LogP contribution < -0.4 is 9.47 Å². The maximum absolute atomic E-state index is 12.8. The summed E-state index contributed by atoms with van der Waals surface area (Å²) in [4.78, 5) is 24.7. The van der Waals surface area contributed by atoms with Gasteiger partial charge in [0, 0.05) is 16.8 Å². The molecule has 0 saturated heterocycles. The summed E-state index contributed by atoms with van der Waals surface area (Å²) in [5, 5.41) is 0.684. The SMILES string of the molecule is CCOC(=O)c1c(C)n(-c2ccc(OC)cc2)c2ccc(OC(CC)C(=O)OC)cc12. The van der Waals surface area contributed by atoms with Crippen LogP contribution >= 0.6 is 0 Å². The highest BCUT2D eigenvalue weighted by Crippen LogP contribution is 2.33. The van der Waals surface area contributed by atoms with Gasteiger partial charge in [-0.15, -0.1) is 0 Å². The first kappa shape index (κ1) is 22.2. The summed E-state index contributed by atoms with van der Waals surface area (Å²) >= 11 is 0. The summed E-state index contributed by atoms with van der Waals surface area (Å²) in [7, 11) is 2.94. The number of fused-ring (bicyclic) bond motifs is 1. The minimum absolute atomic E-state index is 0.268. The highest BCUT2D eigenvalue weighted by Gasteiger charge is 2.24. The van der Waals surface area contributed by atoms with Crippen LogP contribution in [0.3, 0.4) is 0 Å². The van der Waals surface area contributed by atoms with Crippen molar-refractivity contribution in [3.05, 3.63) is 53.7 Å². The fourth-order valence-corrected chi connectivity index (χ4v) is 3.59. The first-order valence-corrected chi connectivity index (χ1v) is 10.2. The van der Waals surface area contributed by atoms with E-state index in [1.54, 1.807) is 26.2 Å². The average molecular weight is 425 g/mol. The Balaban J connectivity index is 2.16. The molecule has 0 amide bonds. The van der Waals surface area contributed by atoms with Crippen LogP contribution in [0.5, 0.6) is 11.5 Å². The Morgan fingerprint density at radius 3 is 2.26 bits per heavy atom. The Labute approximate surface area is 181 Å². The Morgan fingerprint density at radius 1 is 1.00 bits per heavy atom. The molecule has 1 heterocycles. The predicted octanol–water partition coefficient (Wildman–Crippen LogP) is 4.45. The topological polar surface area (TPSA) is 76.0 Å². The van der Waals surface area contributed by atoms with Crippen molar-refractivity contribution in [2.75, 3.05) is 20.8 Å². The second kappa shape index (κ2) is 9.55. The summed E-state index contributed by atoms with van der Waals surface area (Å²) < 4.78 is 23.2. The van der Waals surface area contributed by atoms with Crippen molar-refractivity contribution in [1.29, 1.82) is 0 Å². The van der Waals surface area contributed by atoms with Gasteiger partial charge in [-0.05, 0) is 62.7 Å². The Kier molecular flexibility index (Phi) is 6.84. The van der Waals surface area contributed by atoms with E-state index in [9.17, 15) is 9.59 Å². The summed E-state index contributed by atoms with van der Waals surface area (Å²) in [5.74, 6) is 0.365. The molecule has 7 heteroatoms. The largest absolute Gasteiger partial charge is 0.497 e. The number of carbonyl (C=O) groups excluding carboxylic acids is 2. The van der Waals surface area contributed by atoms with Crippen molar-refractivity contribution in [1.82, 2.24) is 4.57 Å². The van der Waals surface area contributed by atoms with Gasteiger partial charge in [-0.25, -0.2) is 9.59 Å². The zero-order valence-corrected chi connectivity index (χ0v) is 18.4. The second-order valence-electron chi connectivity index (χ2n) is 6.93. The first-order valence-electron chi connectivity index (χ1n) is 10.2. The molecule has 0 aliphatic rings. The lowest BCUT2D eigenvalue weighted by molar-refractivity contribution is -0.148. The summed E-state index contributed by atoms with van der Waals surface area (Å²) in [6, 6.07) is 13.0. The van der Waals surface area contributed by atoms with Crippen LogP contribution in [-0.4, -0.2) is 43.4 Å². The van der Waals surface area contributed by atoms with Crippen LogP contribution in [0.15, 0.2) is 42.5 Å². The molecule has 1 atom stereocenters. The summed E-state index contributed by atoms with van der Waals surface area (Å²) in [6.45, 7) is 5.76. The maximum Gasteiger partial charge on any atom is 0.347 e. The average Bonchev–Trinajstić information content (AvgIpc) is 3.08. The first-order chi connectivity index (χ1) is 14.9. The molecule has 0 fully saturated rings. The van der Waals surface area contributed by atoms with Crippen molar-refractivity contribution in [2.45, 2.75) is 33.3 Å². The number of ether oxygens (including phenoxy) is 4. The lowest BCUT2D eigenvalue weighted by Crippen LogP contribution is -2.27. The molecule has 0 aliphatic heterocycles. The monoisotopic (exact) mass is 425 g/mol. The molecule has 0 saturated carbocycles. The molecule has 0 radical (unpaired) electrons. The molecule has 3 rings (SSSR count). The number of aromatic nitrogens is 1. The van der Waals surface area contributed by atoms with Crippen LogP contribution in [-0.2, 0) is 14.3 Å². The van der Waals surface area contributed by atoms with Crippen molar-refractivity contribution < 1.29 is 28.5 Å². The van der Waals surface area contributed by atoms with Crippen LogP contribution in [0.4, 0.5) is 0 Å². The van der Waals surface area contributed by atoms with Gasteiger partial charge in [-0.1, -0.05) is 6.92 Å². The molecule has 0 spiro atoms. The van der Waals surface area contributed by atoms with Gasteiger partial charge in [0.15, 0.2) is 6.10 Å².